The summed E-state index contributed by atoms with van der Waals surface area (Å²) in [5.41, 5.74) is 1.84. The number of hydrogen-bond acceptors (Lipinski definition) is 3. The molecule has 4 nitrogen and oxygen atoms in total. The Morgan fingerprint density at radius 1 is 1.18 bits per heavy atom. The average molecular weight is 294 g/mol. The van der Waals surface area contributed by atoms with E-state index in [4.69, 9.17) is 10.00 Å². The molecule has 2 aromatic rings. The zero-order valence-electron chi connectivity index (χ0n) is 12.7. The first kappa shape index (κ1) is 14.4. The van der Waals surface area contributed by atoms with Crippen molar-refractivity contribution in [2.24, 2.45) is 0 Å². The molecule has 1 fully saturated rings. The Kier molecular flexibility index (Phi) is 3.72. The molecule has 0 aliphatic heterocycles. The van der Waals surface area contributed by atoms with Crippen molar-refractivity contribution in [2.45, 2.75) is 38.8 Å². The first-order valence-corrected chi connectivity index (χ1v) is 7.53. The minimum absolute atomic E-state index is 0.130. The third kappa shape index (κ3) is 2.75. The number of benzene rings is 1. The Morgan fingerprint density at radius 2 is 1.86 bits per heavy atom. The summed E-state index contributed by atoms with van der Waals surface area (Å²) >= 11 is 0. The van der Waals surface area contributed by atoms with Crippen LogP contribution in [0, 0.1) is 11.3 Å². The number of ether oxygens (including phenoxy) is 1. The third-order valence-electron chi connectivity index (χ3n) is 3.67. The molecule has 112 valence electrons. The number of nitrogens with zero attached hydrogens (tertiary/aromatic N) is 2. The molecule has 0 bridgehead atoms. The summed E-state index contributed by atoms with van der Waals surface area (Å²) in [4.78, 5) is 12.4. The number of rotatable bonds is 4. The summed E-state index contributed by atoms with van der Waals surface area (Å²) in [5.74, 6) is 0.813. The second-order valence-corrected chi connectivity index (χ2v) is 5.84. The largest absolute Gasteiger partial charge is 0.491 e. The molecule has 3 rings (SSSR count). The summed E-state index contributed by atoms with van der Waals surface area (Å²) in [6.07, 6.45) is 2.12. The van der Waals surface area contributed by atoms with Crippen molar-refractivity contribution < 1.29 is 4.74 Å². The van der Waals surface area contributed by atoms with E-state index in [1.165, 1.54) is 0 Å². The van der Waals surface area contributed by atoms with Crippen LogP contribution < -0.4 is 10.3 Å². The molecule has 1 heterocycles. The fourth-order valence-corrected chi connectivity index (χ4v) is 2.55. The van der Waals surface area contributed by atoms with Crippen LogP contribution in [0.1, 0.15) is 38.3 Å². The van der Waals surface area contributed by atoms with Crippen LogP contribution in [0.5, 0.6) is 5.75 Å². The quantitative estimate of drug-likeness (QED) is 0.867. The average Bonchev–Trinajstić information content (AvgIpc) is 3.31. The highest BCUT2D eigenvalue weighted by molar-refractivity contribution is 5.61. The summed E-state index contributed by atoms with van der Waals surface area (Å²) < 4.78 is 7.40. The normalized spacial score (nSPS) is 13.9. The van der Waals surface area contributed by atoms with E-state index in [0.29, 0.717) is 0 Å². The molecule has 0 saturated heterocycles. The van der Waals surface area contributed by atoms with Crippen molar-refractivity contribution in [3.63, 3.8) is 0 Å². The lowest BCUT2D eigenvalue weighted by molar-refractivity contribution is 0.242. The van der Waals surface area contributed by atoms with Gasteiger partial charge < -0.3 is 9.30 Å². The number of pyridine rings is 1. The van der Waals surface area contributed by atoms with Gasteiger partial charge >= 0.3 is 0 Å². The van der Waals surface area contributed by atoms with Gasteiger partial charge in [0, 0.05) is 6.04 Å². The van der Waals surface area contributed by atoms with Gasteiger partial charge in [-0.2, -0.15) is 5.26 Å². The van der Waals surface area contributed by atoms with Crippen molar-refractivity contribution in [1.82, 2.24) is 4.57 Å². The predicted octanol–water partition coefficient (Wildman–Crippen LogP) is 3.51. The van der Waals surface area contributed by atoms with Gasteiger partial charge in [0.05, 0.1) is 11.8 Å². The zero-order chi connectivity index (χ0) is 15.7. The molecule has 1 aliphatic carbocycles. The molecule has 22 heavy (non-hydrogen) atoms. The smallest absolute Gasteiger partial charge is 0.269 e. The lowest BCUT2D eigenvalue weighted by Crippen LogP contribution is -2.23. The van der Waals surface area contributed by atoms with E-state index in [-0.39, 0.29) is 23.3 Å². The van der Waals surface area contributed by atoms with Gasteiger partial charge in [-0.15, -0.1) is 0 Å². The number of aromatic nitrogens is 1. The second-order valence-electron chi connectivity index (χ2n) is 5.84. The minimum Gasteiger partial charge on any atom is -0.491 e. The lowest BCUT2D eigenvalue weighted by Gasteiger charge is -2.14. The SMILES string of the molecule is CC(C)Oc1ccc(-c2ccc(C#N)c(=O)n2C2CC2)cc1. The Morgan fingerprint density at radius 3 is 2.41 bits per heavy atom. The van der Waals surface area contributed by atoms with Gasteiger partial charge in [0.25, 0.3) is 5.56 Å². The van der Waals surface area contributed by atoms with Gasteiger partial charge in [-0.1, -0.05) is 0 Å². The molecule has 0 radical (unpaired) electrons. The van der Waals surface area contributed by atoms with E-state index in [0.717, 1.165) is 29.8 Å². The van der Waals surface area contributed by atoms with Crippen LogP contribution in [-0.4, -0.2) is 10.7 Å². The Hall–Kier alpha value is -2.54. The minimum atomic E-state index is -0.190. The van der Waals surface area contributed by atoms with E-state index in [1.54, 1.807) is 10.6 Å². The molecular weight excluding hydrogens is 276 g/mol. The van der Waals surface area contributed by atoms with E-state index in [1.807, 2.05) is 50.2 Å². The van der Waals surface area contributed by atoms with Gasteiger partial charge in [0.2, 0.25) is 0 Å². The zero-order valence-corrected chi connectivity index (χ0v) is 12.7. The lowest BCUT2D eigenvalue weighted by atomic mass is 10.1. The molecular formula is C18H18N2O2. The highest BCUT2D eigenvalue weighted by Crippen LogP contribution is 2.37. The highest BCUT2D eigenvalue weighted by atomic mass is 16.5. The van der Waals surface area contributed by atoms with E-state index in [2.05, 4.69) is 0 Å². The monoisotopic (exact) mass is 294 g/mol. The maximum atomic E-state index is 12.4. The molecule has 0 spiro atoms. The van der Waals surface area contributed by atoms with Crippen LogP contribution in [0.15, 0.2) is 41.2 Å². The van der Waals surface area contributed by atoms with Crippen LogP contribution in [0.2, 0.25) is 0 Å². The van der Waals surface area contributed by atoms with Crippen LogP contribution in [0.4, 0.5) is 0 Å². The van der Waals surface area contributed by atoms with Crippen molar-refractivity contribution in [3.8, 4) is 23.1 Å². The fourth-order valence-electron chi connectivity index (χ4n) is 2.55. The summed E-state index contributed by atoms with van der Waals surface area (Å²) in [5, 5.41) is 9.05. The van der Waals surface area contributed by atoms with Crippen LogP contribution >= 0.6 is 0 Å². The van der Waals surface area contributed by atoms with Gasteiger partial charge in [-0.25, -0.2) is 0 Å². The molecule has 1 aliphatic rings. The van der Waals surface area contributed by atoms with Gasteiger partial charge in [0.15, 0.2) is 0 Å². The maximum absolute atomic E-state index is 12.4. The summed E-state index contributed by atoms with van der Waals surface area (Å²) in [6, 6.07) is 13.4. The first-order valence-electron chi connectivity index (χ1n) is 7.53. The molecule has 1 aromatic carbocycles. The van der Waals surface area contributed by atoms with Crippen molar-refractivity contribution in [3.05, 3.63) is 52.3 Å². The van der Waals surface area contributed by atoms with Crippen LogP contribution in [-0.2, 0) is 0 Å². The number of nitriles is 1. The van der Waals surface area contributed by atoms with E-state index >= 15 is 0 Å². The fraction of sp³-hybridized carbons (Fsp3) is 0.333. The molecule has 0 N–H and O–H groups in total. The Balaban J connectivity index is 2.03. The van der Waals surface area contributed by atoms with E-state index in [9.17, 15) is 4.79 Å². The van der Waals surface area contributed by atoms with Crippen molar-refractivity contribution in [1.29, 1.82) is 5.26 Å². The topological polar surface area (TPSA) is 55.0 Å². The summed E-state index contributed by atoms with van der Waals surface area (Å²) in [7, 11) is 0. The van der Waals surface area contributed by atoms with Crippen molar-refractivity contribution in [2.75, 3.05) is 0 Å². The van der Waals surface area contributed by atoms with Crippen LogP contribution in [0.3, 0.4) is 0 Å². The van der Waals surface area contributed by atoms with Gasteiger partial charge in [-0.05, 0) is 68.7 Å². The third-order valence-corrected chi connectivity index (χ3v) is 3.67. The molecule has 0 atom stereocenters. The van der Waals surface area contributed by atoms with Gasteiger partial charge in [-0.3, -0.25) is 4.79 Å². The summed E-state index contributed by atoms with van der Waals surface area (Å²) in [6.45, 7) is 3.97. The van der Waals surface area contributed by atoms with Gasteiger partial charge in [0.1, 0.15) is 17.4 Å². The predicted molar refractivity (Wildman–Crippen MR) is 84.9 cm³/mol. The molecule has 1 saturated carbocycles. The van der Waals surface area contributed by atoms with Crippen LogP contribution in [0.25, 0.3) is 11.3 Å². The first-order chi connectivity index (χ1) is 10.6. The second kappa shape index (κ2) is 5.69. The van der Waals surface area contributed by atoms with E-state index < -0.39 is 0 Å². The van der Waals surface area contributed by atoms with Crippen molar-refractivity contribution >= 4 is 0 Å². The standard InChI is InChI=1S/C18H18N2O2/c1-12(2)22-16-8-3-13(4-9-16)17-10-5-14(11-19)18(21)20(17)15-6-7-15/h3-5,8-10,12,15H,6-7H2,1-2H3. The molecule has 4 heteroatoms. The maximum Gasteiger partial charge on any atom is 0.269 e. The highest BCUT2D eigenvalue weighted by Gasteiger charge is 2.28. The molecule has 1 aromatic heterocycles. The number of hydrogen-bond donors (Lipinski definition) is 0. The molecule has 0 unspecified atom stereocenters. The Labute approximate surface area is 129 Å². The molecule has 0 amide bonds. The Bertz CT molecular complexity index is 778.